The van der Waals surface area contributed by atoms with E-state index in [1.165, 1.54) is 26.2 Å². The summed E-state index contributed by atoms with van der Waals surface area (Å²) in [5.74, 6) is 0.603. The van der Waals surface area contributed by atoms with Gasteiger partial charge in [0.1, 0.15) is 10.5 Å². The highest BCUT2D eigenvalue weighted by Gasteiger charge is 2.20. The molecule has 0 atom stereocenters. The van der Waals surface area contributed by atoms with Gasteiger partial charge >= 0.3 is 0 Å². The van der Waals surface area contributed by atoms with E-state index in [0.29, 0.717) is 5.89 Å². The number of thiazole rings is 1. The minimum absolute atomic E-state index is 0.603. The first-order chi connectivity index (χ1) is 27.7. The predicted molar refractivity (Wildman–Crippen MR) is 233 cm³/mol. The second-order valence-electron chi connectivity index (χ2n) is 14.0. The lowest BCUT2D eigenvalue weighted by Gasteiger charge is -2.18. The van der Waals surface area contributed by atoms with Crippen LogP contribution in [0.3, 0.4) is 0 Å². The van der Waals surface area contributed by atoms with Crippen LogP contribution in [0.1, 0.15) is 0 Å². The minimum Gasteiger partial charge on any atom is -0.436 e. The molecule has 0 N–H and O–H groups in total. The van der Waals surface area contributed by atoms with Gasteiger partial charge in [0, 0.05) is 33.4 Å². The summed E-state index contributed by atoms with van der Waals surface area (Å²) in [4.78, 5) is 15.4. The molecule has 0 radical (unpaired) electrons. The zero-order chi connectivity index (χ0) is 37.0. The zero-order valence-corrected chi connectivity index (χ0v) is 30.9. The molecule has 0 aliphatic rings. The summed E-state index contributed by atoms with van der Waals surface area (Å²) in [5.41, 5.74) is 12.9. The lowest BCUT2D eigenvalue weighted by atomic mass is 9.90. The van der Waals surface area contributed by atoms with Crippen LogP contribution < -0.4 is 0 Å². The van der Waals surface area contributed by atoms with E-state index in [0.717, 1.165) is 77.5 Å². The van der Waals surface area contributed by atoms with Crippen molar-refractivity contribution >= 4 is 54.2 Å². The molecule has 262 valence electrons. The van der Waals surface area contributed by atoms with E-state index >= 15 is 0 Å². The van der Waals surface area contributed by atoms with Gasteiger partial charge in [-0.2, -0.15) is 0 Å². The van der Waals surface area contributed by atoms with Crippen LogP contribution in [0.15, 0.2) is 192 Å². The molecule has 0 aliphatic carbocycles. The lowest BCUT2D eigenvalue weighted by Crippen LogP contribution is -1.97. The average molecular weight is 734 g/mol. The maximum absolute atomic E-state index is 6.14. The standard InChI is InChI=1S/C51H31N3OS/c1-3-11-38-29-40(27-17-32(38)9-1)48-42(34-19-23-36(24-20-34)50-52-44-13-5-7-15-46(44)55-50)31-43(49(54-48)41-28-18-33-10-2-4-12-39(33)30-41)35-21-25-37(26-22-35)51-53-45-14-6-8-16-47(45)56-51/h1-31H. The van der Waals surface area contributed by atoms with Crippen LogP contribution in [0.25, 0.3) is 110 Å². The molecule has 0 fully saturated rings. The summed E-state index contributed by atoms with van der Waals surface area (Å²) in [7, 11) is 0. The van der Waals surface area contributed by atoms with Crippen LogP contribution >= 0.6 is 11.3 Å². The van der Waals surface area contributed by atoms with Crippen LogP contribution in [0, 0.1) is 0 Å². The number of hydrogen-bond donors (Lipinski definition) is 0. The van der Waals surface area contributed by atoms with E-state index < -0.39 is 0 Å². The quantitative estimate of drug-likeness (QED) is 0.171. The molecular weight excluding hydrogens is 703 g/mol. The first-order valence-electron chi connectivity index (χ1n) is 18.7. The van der Waals surface area contributed by atoms with Crippen molar-refractivity contribution in [2.24, 2.45) is 0 Å². The zero-order valence-electron chi connectivity index (χ0n) is 30.1. The third-order valence-corrected chi connectivity index (χ3v) is 11.6. The molecular formula is C51H31N3OS. The first kappa shape index (κ1) is 32.2. The van der Waals surface area contributed by atoms with Gasteiger partial charge in [-0.25, -0.2) is 15.0 Å². The van der Waals surface area contributed by atoms with Gasteiger partial charge in [-0.05, 0) is 87.3 Å². The summed E-state index contributed by atoms with van der Waals surface area (Å²) >= 11 is 1.72. The Labute approximate surface area is 327 Å². The van der Waals surface area contributed by atoms with Crippen molar-refractivity contribution in [3.8, 4) is 66.8 Å². The van der Waals surface area contributed by atoms with Gasteiger partial charge in [0.2, 0.25) is 5.89 Å². The Morgan fingerprint density at radius 2 is 0.857 bits per heavy atom. The van der Waals surface area contributed by atoms with E-state index in [-0.39, 0.29) is 0 Å². The van der Waals surface area contributed by atoms with Gasteiger partial charge in [-0.1, -0.05) is 133 Å². The molecule has 11 rings (SSSR count). The van der Waals surface area contributed by atoms with E-state index in [1.807, 2.05) is 30.3 Å². The van der Waals surface area contributed by atoms with Gasteiger partial charge in [-0.15, -0.1) is 11.3 Å². The summed E-state index contributed by atoms with van der Waals surface area (Å²) in [6.45, 7) is 0. The van der Waals surface area contributed by atoms with Gasteiger partial charge in [0.25, 0.3) is 0 Å². The van der Waals surface area contributed by atoms with Gasteiger partial charge in [0.05, 0.1) is 21.6 Å². The second kappa shape index (κ2) is 13.3. The number of hydrogen-bond acceptors (Lipinski definition) is 5. The van der Waals surface area contributed by atoms with Crippen molar-refractivity contribution in [2.45, 2.75) is 0 Å². The summed E-state index contributed by atoms with van der Waals surface area (Å²) in [6, 6.07) is 66.1. The Morgan fingerprint density at radius 1 is 0.357 bits per heavy atom. The van der Waals surface area contributed by atoms with Crippen LogP contribution in [0.4, 0.5) is 0 Å². The number of oxazole rings is 1. The maximum Gasteiger partial charge on any atom is 0.227 e. The van der Waals surface area contributed by atoms with E-state index in [1.54, 1.807) is 11.3 Å². The number of benzene rings is 8. The van der Waals surface area contributed by atoms with Crippen molar-refractivity contribution in [2.75, 3.05) is 0 Å². The number of pyridine rings is 1. The third-order valence-electron chi connectivity index (χ3n) is 10.5. The van der Waals surface area contributed by atoms with E-state index in [2.05, 4.69) is 158 Å². The van der Waals surface area contributed by atoms with Crippen molar-refractivity contribution in [3.05, 3.63) is 188 Å². The molecule has 3 aromatic heterocycles. The number of rotatable bonds is 6. The van der Waals surface area contributed by atoms with Crippen LogP contribution in [-0.2, 0) is 0 Å². The lowest BCUT2D eigenvalue weighted by molar-refractivity contribution is 0.620. The van der Waals surface area contributed by atoms with E-state index in [4.69, 9.17) is 19.4 Å². The first-order valence-corrected chi connectivity index (χ1v) is 19.5. The number of fused-ring (bicyclic) bond motifs is 4. The fraction of sp³-hybridized carbons (Fsp3) is 0. The summed E-state index contributed by atoms with van der Waals surface area (Å²) < 4.78 is 7.32. The summed E-state index contributed by atoms with van der Waals surface area (Å²) in [6.07, 6.45) is 0. The molecule has 56 heavy (non-hydrogen) atoms. The Kier molecular flexibility index (Phi) is 7.64. The molecule has 4 nitrogen and oxygen atoms in total. The van der Waals surface area contributed by atoms with Crippen molar-refractivity contribution < 1.29 is 4.42 Å². The molecule has 0 saturated heterocycles. The molecule has 0 aliphatic heterocycles. The SMILES string of the molecule is c1ccc2cc(-c3nc(-c4ccc5ccccc5c4)c(-c4ccc(-c5nc6ccccc6s5)cc4)cc3-c3ccc(-c4nc5ccccc5o4)cc3)ccc2c1. The number of nitrogens with zero attached hydrogens (tertiary/aromatic N) is 3. The highest BCUT2D eigenvalue weighted by Crippen LogP contribution is 2.42. The van der Waals surface area contributed by atoms with Crippen LogP contribution in [0.2, 0.25) is 0 Å². The molecule has 0 saturated carbocycles. The third kappa shape index (κ3) is 5.74. The van der Waals surface area contributed by atoms with Crippen molar-refractivity contribution in [3.63, 3.8) is 0 Å². The topological polar surface area (TPSA) is 51.8 Å². The molecule has 11 aromatic rings. The normalized spacial score (nSPS) is 11.6. The Balaban J connectivity index is 1.11. The molecule has 8 aromatic carbocycles. The van der Waals surface area contributed by atoms with Gasteiger partial charge in [-0.3, -0.25) is 0 Å². The summed E-state index contributed by atoms with van der Waals surface area (Å²) in [5, 5.41) is 5.75. The molecule has 0 amide bonds. The highest BCUT2D eigenvalue weighted by molar-refractivity contribution is 7.21. The number of para-hydroxylation sites is 3. The highest BCUT2D eigenvalue weighted by atomic mass is 32.1. The average Bonchev–Trinajstić information content (AvgIpc) is 3.91. The van der Waals surface area contributed by atoms with Crippen LogP contribution in [0.5, 0.6) is 0 Å². The Hall–Kier alpha value is -7.21. The Bertz CT molecular complexity index is 2970. The second-order valence-corrected chi connectivity index (χ2v) is 15.1. The molecule has 5 heteroatoms. The van der Waals surface area contributed by atoms with E-state index in [9.17, 15) is 0 Å². The Morgan fingerprint density at radius 3 is 1.46 bits per heavy atom. The van der Waals surface area contributed by atoms with Gasteiger partial charge in [0.15, 0.2) is 5.58 Å². The number of aromatic nitrogens is 3. The molecule has 0 bridgehead atoms. The maximum atomic E-state index is 6.14. The molecule has 0 spiro atoms. The fourth-order valence-electron chi connectivity index (χ4n) is 7.64. The fourth-order valence-corrected chi connectivity index (χ4v) is 8.61. The predicted octanol–water partition coefficient (Wildman–Crippen LogP) is 14.1. The van der Waals surface area contributed by atoms with Crippen LogP contribution in [-0.4, -0.2) is 15.0 Å². The van der Waals surface area contributed by atoms with Gasteiger partial charge < -0.3 is 4.42 Å². The largest absolute Gasteiger partial charge is 0.436 e. The molecule has 0 unspecified atom stereocenters. The molecule has 3 heterocycles. The smallest absolute Gasteiger partial charge is 0.227 e. The van der Waals surface area contributed by atoms with Crippen molar-refractivity contribution in [1.29, 1.82) is 0 Å². The monoisotopic (exact) mass is 733 g/mol. The minimum atomic E-state index is 0.603. The van der Waals surface area contributed by atoms with Crippen molar-refractivity contribution in [1.82, 2.24) is 15.0 Å².